The third-order valence-electron chi connectivity index (χ3n) is 5.98. The van der Waals surface area contributed by atoms with E-state index >= 15 is 0 Å². The summed E-state index contributed by atoms with van der Waals surface area (Å²) in [4.78, 5) is 16.0. The Morgan fingerprint density at radius 2 is 1.75 bits per heavy atom. The summed E-state index contributed by atoms with van der Waals surface area (Å²) in [6.07, 6.45) is 8.88. The van der Waals surface area contributed by atoms with E-state index in [-0.39, 0.29) is 5.91 Å². The molecule has 1 aliphatic heterocycles. The van der Waals surface area contributed by atoms with Gasteiger partial charge in [0, 0.05) is 20.0 Å². The second kappa shape index (κ2) is 12.7. The Balaban J connectivity index is 0.00000254. The molecule has 0 bridgehead atoms. The lowest BCUT2D eigenvalue weighted by Crippen LogP contribution is -2.43. The smallest absolute Gasteiger partial charge is 0.219 e. The van der Waals surface area contributed by atoms with E-state index in [0.29, 0.717) is 5.41 Å². The second-order valence-corrected chi connectivity index (χ2v) is 7.57. The zero-order chi connectivity index (χ0) is 18.6. The minimum Gasteiger partial charge on any atom is -0.343 e. The number of hydrogen-bond acceptors (Lipinski definition) is 2. The van der Waals surface area contributed by atoms with E-state index in [4.69, 9.17) is 0 Å². The van der Waals surface area contributed by atoms with Gasteiger partial charge in [-0.1, -0.05) is 47.5 Å². The van der Waals surface area contributed by atoms with Crippen molar-refractivity contribution < 1.29 is 4.79 Å². The lowest BCUT2D eigenvalue weighted by Gasteiger charge is -2.42. The van der Waals surface area contributed by atoms with Crippen LogP contribution in [0.3, 0.4) is 0 Å². The van der Waals surface area contributed by atoms with Crippen LogP contribution in [-0.2, 0) is 4.79 Å². The fourth-order valence-electron chi connectivity index (χ4n) is 3.53. The van der Waals surface area contributed by atoms with Crippen molar-refractivity contribution >= 4 is 5.91 Å². The number of likely N-dealkylation sites (tertiary alicyclic amines) is 1. The van der Waals surface area contributed by atoms with E-state index in [2.05, 4.69) is 32.7 Å². The van der Waals surface area contributed by atoms with Crippen LogP contribution in [0.15, 0.2) is 0 Å². The fourth-order valence-corrected chi connectivity index (χ4v) is 3.53. The van der Waals surface area contributed by atoms with Gasteiger partial charge in [-0.05, 0) is 63.6 Å². The molecule has 1 unspecified atom stereocenters. The van der Waals surface area contributed by atoms with Crippen molar-refractivity contribution in [1.82, 2.24) is 9.80 Å². The standard InChI is InChI=1S/C19H38N2O.C2H6/c1-6-17(3)9-8-13-20(5)14-10-19(7-2)11-15-21(16-12-19)18(4)22;1-2/h17H,6-16H2,1-5H3;1-2H3. The molecule has 0 aliphatic carbocycles. The molecule has 0 aromatic heterocycles. The quantitative estimate of drug-likeness (QED) is 0.576. The molecule has 1 saturated heterocycles. The molecule has 0 aromatic carbocycles. The molecule has 1 aliphatic rings. The lowest BCUT2D eigenvalue weighted by molar-refractivity contribution is -0.131. The maximum atomic E-state index is 11.5. The first-order chi connectivity index (χ1) is 11.4. The van der Waals surface area contributed by atoms with Gasteiger partial charge in [-0.25, -0.2) is 0 Å². The van der Waals surface area contributed by atoms with Crippen molar-refractivity contribution in [3.63, 3.8) is 0 Å². The first kappa shape index (κ1) is 23.4. The van der Waals surface area contributed by atoms with Gasteiger partial charge >= 0.3 is 0 Å². The SMILES string of the molecule is CC.CCC(C)CCCN(C)CCC1(CC)CCN(C(C)=O)CC1. The number of nitrogens with zero attached hydrogens (tertiary/aromatic N) is 2. The van der Waals surface area contributed by atoms with Crippen LogP contribution in [0.2, 0.25) is 0 Å². The third kappa shape index (κ3) is 8.50. The lowest BCUT2D eigenvalue weighted by atomic mass is 9.73. The van der Waals surface area contributed by atoms with E-state index in [0.717, 1.165) is 19.0 Å². The summed E-state index contributed by atoms with van der Waals surface area (Å²) in [6, 6.07) is 0. The highest BCUT2D eigenvalue weighted by Crippen LogP contribution is 2.38. The molecule has 1 amide bonds. The monoisotopic (exact) mass is 340 g/mol. The van der Waals surface area contributed by atoms with Crippen molar-refractivity contribution in [2.45, 2.75) is 86.5 Å². The molecule has 0 radical (unpaired) electrons. The first-order valence-corrected chi connectivity index (χ1v) is 10.4. The van der Waals surface area contributed by atoms with Crippen LogP contribution in [-0.4, -0.2) is 48.9 Å². The van der Waals surface area contributed by atoms with Crippen LogP contribution in [0.5, 0.6) is 0 Å². The van der Waals surface area contributed by atoms with E-state index in [1.165, 1.54) is 58.0 Å². The molecule has 1 rings (SSSR count). The van der Waals surface area contributed by atoms with Gasteiger partial charge < -0.3 is 9.80 Å². The number of piperidine rings is 1. The van der Waals surface area contributed by atoms with E-state index < -0.39 is 0 Å². The molecule has 24 heavy (non-hydrogen) atoms. The van der Waals surface area contributed by atoms with Gasteiger partial charge in [-0.3, -0.25) is 4.79 Å². The Morgan fingerprint density at radius 1 is 1.17 bits per heavy atom. The summed E-state index contributed by atoms with van der Waals surface area (Å²) in [7, 11) is 2.27. The molecule has 144 valence electrons. The number of amides is 1. The average molecular weight is 341 g/mol. The van der Waals surface area contributed by atoms with Crippen molar-refractivity contribution in [2.75, 3.05) is 33.2 Å². The Labute approximate surface area is 152 Å². The molecule has 0 spiro atoms. The number of carbonyl (C=O) groups excluding carboxylic acids is 1. The first-order valence-electron chi connectivity index (χ1n) is 10.4. The van der Waals surface area contributed by atoms with E-state index in [9.17, 15) is 4.79 Å². The minimum atomic E-state index is 0.242. The largest absolute Gasteiger partial charge is 0.343 e. The highest BCUT2D eigenvalue weighted by atomic mass is 16.2. The number of carbonyl (C=O) groups is 1. The number of hydrogen-bond donors (Lipinski definition) is 0. The predicted octanol–water partition coefficient (Wildman–Crippen LogP) is 5.20. The highest BCUT2D eigenvalue weighted by molar-refractivity contribution is 5.73. The summed E-state index contributed by atoms with van der Waals surface area (Å²) in [6.45, 7) is 17.0. The van der Waals surface area contributed by atoms with Gasteiger partial charge in [0.2, 0.25) is 5.91 Å². The van der Waals surface area contributed by atoms with Crippen LogP contribution in [0, 0.1) is 11.3 Å². The maximum Gasteiger partial charge on any atom is 0.219 e. The van der Waals surface area contributed by atoms with Gasteiger partial charge in [0.05, 0.1) is 0 Å². The summed E-state index contributed by atoms with van der Waals surface area (Å²) in [5.74, 6) is 1.11. The van der Waals surface area contributed by atoms with E-state index in [1.807, 2.05) is 18.7 Å². The second-order valence-electron chi connectivity index (χ2n) is 7.57. The summed E-state index contributed by atoms with van der Waals surface area (Å²) >= 11 is 0. The van der Waals surface area contributed by atoms with Crippen LogP contribution < -0.4 is 0 Å². The summed E-state index contributed by atoms with van der Waals surface area (Å²) < 4.78 is 0. The summed E-state index contributed by atoms with van der Waals surface area (Å²) in [5.41, 5.74) is 0.469. The van der Waals surface area contributed by atoms with Crippen molar-refractivity contribution in [3.05, 3.63) is 0 Å². The van der Waals surface area contributed by atoms with Crippen LogP contribution in [0.4, 0.5) is 0 Å². The van der Waals surface area contributed by atoms with Crippen LogP contribution in [0.1, 0.15) is 86.5 Å². The Morgan fingerprint density at radius 3 is 2.21 bits per heavy atom. The van der Waals surface area contributed by atoms with E-state index in [1.54, 1.807) is 6.92 Å². The molecular weight excluding hydrogens is 296 g/mol. The van der Waals surface area contributed by atoms with Crippen LogP contribution in [0.25, 0.3) is 0 Å². The Hall–Kier alpha value is -0.570. The van der Waals surface area contributed by atoms with Gasteiger partial charge in [0.25, 0.3) is 0 Å². The minimum absolute atomic E-state index is 0.242. The molecule has 0 N–H and O–H groups in total. The fraction of sp³-hybridized carbons (Fsp3) is 0.952. The molecule has 0 aromatic rings. The maximum absolute atomic E-state index is 11.5. The van der Waals surface area contributed by atoms with Crippen LogP contribution >= 0.6 is 0 Å². The van der Waals surface area contributed by atoms with Gasteiger partial charge in [0.15, 0.2) is 0 Å². The number of rotatable bonds is 9. The van der Waals surface area contributed by atoms with Gasteiger partial charge in [-0.15, -0.1) is 0 Å². The molecular formula is C21H44N2O. The zero-order valence-corrected chi connectivity index (χ0v) is 17.7. The van der Waals surface area contributed by atoms with Crippen molar-refractivity contribution in [1.29, 1.82) is 0 Å². The Kier molecular flexibility index (Phi) is 12.4. The molecule has 3 nitrogen and oxygen atoms in total. The molecule has 1 heterocycles. The topological polar surface area (TPSA) is 23.6 Å². The molecule has 3 heteroatoms. The third-order valence-corrected chi connectivity index (χ3v) is 5.98. The van der Waals surface area contributed by atoms with Crippen molar-refractivity contribution in [3.8, 4) is 0 Å². The molecule has 0 saturated carbocycles. The Bertz CT molecular complexity index is 322. The van der Waals surface area contributed by atoms with Gasteiger partial charge in [0.1, 0.15) is 0 Å². The highest BCUT2D eigenvalue weighted by Gasteiger charge is 2.33. The van der Waals surface area contributed by atoms with Gasteiger partial charge in [-0.2, -0.15) is 0 Å². The predicted molar refractivity (Wildman–Crippen MR) is 106 cm³/mol. The summed E-state index contributed by atoms with van der Waals surface area (Å²) in [5, 5.41) is 0. The zero-order valence-electron chi connectivity index (χ0n) is 17.7. The normalized spacial score (nSPS) is 18.1. The molecule has 1 fully saturated rings. The average Bonchev–Trinajstić information content (AvgIpc) is 2.61. The van der Waals surface area contributed by atoms with Crippen molar-refractivity contribution in [2.24, 2.45) is 11.3 Å². The molecule has 1 atom stereocenters.